The Morgan fingerprint density at radius 3 is 2.69 bits per heavy atom. The summed E-state index contributed by atoms with van der Waals surface area (Å²) in [5.74, 6) is 1.25. The number of terminal acetylenes is 1. The maximum Gasteiger partial charge on any atom is 0.330 e. The number of carbonyl (C=O) groups excluding carboxylic acids is 3. The van der Waals surface area contributed by atoms with E-state index in [4.69, 9.17) is 6.42 Å². The van der Waals surface area contributed by atoms with Gasteiger partial charge < -0.3 is 0 Å². The van der Waals surface area contributed by atoms with Crippen LogP contribution in [0.3, 0.4) is 0 Å². The van der Waals surface area contributed by atoms with Crippen molar-refractivity contribution in [1.82, 2.24) is 10.2 Å². The fraction of sp³-hybridized carbons (Fsp3) is 0.375. The second-order valence-electron chi connectivity index (χ2n) is 2.53. The van der Waals surface area contributed by atoms with Gasteiger partial charge in [0.1, 0.15) is 6.42 Å². The fourth-order valence-electron chi connectivity index (χ4n) is 0.980. The molecule has 1 N–H and O–H groups in total. The molecular weight excluding hydrogens is 172 g/mol. The average Bonchev–Trinajstić information content (AvgIpc) is 2.02. The van der Waals surface area contributed by atoms with Crippen LogP contribution in [-0.4, -0.2) is 29.3 Å². The number of urea groups is 1. The smallest absolute Gasteiger partial charge is 0.277 e. The van der Waals surface area contributed by atoms with Gasteiger partial charge in [-0.1, -0.05) is 0 Å². The fourth-order valence-corrected chi connectivity index (χ4v) is 0.980. The van der Waals surface area contributed by atoms with Crippen LogP contribution in [0.4, 0.5) is 4.79 Å². The molecule has 5 nitrogen and oxygen atoms in total. The van der Waals surface area contributed by atoms with Gasteiger partial charge in [-0.2, -0.15) is 0 Å². The molecule has 0 radical (unpaired) electrons. The lowest BCUT2D eigenvalue weighted by Crippen LogP contribution is -2.52. The molecule has 0 aromatic carbocycles. The van der Waals surface area contributed by atoms with Crippen LogP contribution in [0, 0.1) is 12.3 Å². The van der Waals surface area contributed by atoms with Gasteiger partial charge in [0.2, 0.25) is 11.8 Å². The normalized spacial score (nSPS) is 16.8. The van der Waals surface area contributed by atoms with Crippen molar-refractivity contribution in [1.29, 1.82) is 0 Å². The Kier molecular flexibility index (Phi) is 2.65. The first-order valence-corrected chi connectivity index (χ1v) is 3.73. The molecule has 1 aliphatic rings. The zero-order chi connectivity index (χ0) is 9.84. The highest BCUT2D eigenvalue weighted by Crippen LogP contribution is 2.02. The van der Waals surface area contributed by atoms with Gasteiger partial charge in [0.25, 0.3) is 0 Å². The SMILES string of the molecule is C#CCCN1C(=O)CC(=O)NC1=O. The van der Waals surface area contributed by atoms with Crippen molar-refractivity contribution in [2.45, 2.75) is 12.8 Å². The van der Waals surface area contributed by atoms with E-state index in [1.807, 2.05) is 5.32 Å². The first-order valence-electron chi connectivity index (χ1n) is 3.73. The predicted octanol–water partition coefficient (Wildman–Crippen LogP) is -0.522. The number of nitrogens with one attached hydrogen (secondary N) is 1. The van der Waals surface area contributed by atoms with Crippen LogP contribution < -0.4 is 5.32 Å². The van der Waals surface area contributed by atoms with Crippen molar-refractivity contribution in [2.24, 2.45) is 0 Å². The quantitative estimate of drug-likeness (QED) is 0.459. The van der Waals surface area contributed by atoms with Gasteiger partial charge in [0, 0.05) is 13.0 Å². The summed E-state index contributed by atoms with van der Waals surface area (Å²) in [4.78, 5) is 33.8. The number of rotatable bonds is 2. The number of imide groups is 2. The van der Waals surface area contributed by atoms with Gasteiger partial charge in [-0.3, -0.25) is 19.8 Å². The van der Waals surface area contributed by atoms with E-state index < -0.39 is 17.8 Å². The van der Waals surface area contributed by atoms with Gasteiger partial charge in [-0.05, 0) is 0 Å². The highest BCUT2D eigenvalue weighted by atomic mass is 16.2. The van der Waals surface area contributed by atoms with E-state index in [0.29, 0.717) is 6.42 Å². The number of carbonyl (C=O) groups is 3. The third-order valence-electron chi connectivity index (χ3n) is 1.58. The van der Waals surface area contributed by atoms with Gasteiger partial charge in [-0.15, -0.1) is 12.3 Å². The maximum atomic E-state index is 11.1. The first kappa shape index (κ1) is 9.26. The number of nitrogens with zero attached hydrogens (tertiary/aromatic N) is 1. The van der Waals surface area contributed by atoms with Crippen LogP contribution in [0.25, 0.3) is 0 Å². The molecule has 0 aliphatic carbocycles. The number of barbiturate groups is 1. The third-order valence-corrected chi connectivity index (χ3v) is 1.58. The van der Waals surface area contributed by atoms with Crippen molar-refractivity contribution in [3.63, 3.8) is 0 Å². The third kappa shape index (κ3) is 2.06. The Bertz CT molecular complexity index is 283. The molecule has 13 heavy (non-hydrogen) atoms. The Labute approximate surface area is 75.1 Å². The lowest BCUT2D eigenvalue weighted by Gasteiger charge is -2.23. The largest absolute Gasteiger partial charge is 0.330 e. The number of hydrogen-bond acceptors (Lipinski definition) is 3. The summed E-state index contributed by atoms with van der Waals surface area (Å²) in [5.41, 5.74) is 0. The lowest BCUT2D eigenvalue weighted by molar-refractivity contribution is -0.136. The maximum absolute atomic E-state index is 11.1. The summed E-state index contributed by atoms with van der Waals surface area (Å²) in [6, 6.07) is -0.684. The molecule has 1 heterocycles. The van der Waals surface area contributed by atoms with Crippen LogP contribution in [0.2, 0.25) is 0 Å². The van der Waals surface area contributed by atoms with Crippen molar-refractivity contribution >= 4 is 17.8 Å². The Hall–Kier alpha value is -1.83. The van der Waals surface area contributed by atoms with Crippen LogP contribution in [-0.2, 0) is 9.59 Å². The summed E-state index contributed by atoms with van der Waals surface area (Å²) < 4.78 is 0. The van der Waals surface area contributed by atoms with Crippen molar-refractivity contribution in [3.05, 3.63) is 0 Å². The van der Waals surface area contributed by atoms with E-state index in [-0.39, 0.29) is 13.0 Å². The van der Waals surface area contributed by atoms with Gasteiger partial charge in [0.15, 0.2) is 0 Å². The van der Waals surface area contributed by atoms with E-state index in [0.717, 1.165) is 4.90 Å². The summed E-state index contributed by atoms with van der Waals surface area (Å²) in [7, 11) is 0. The molecule has 0 atom stereocenters. The molecule has 5 heteroatoms. The van der Waals surface area contributed by atoms with Crippen molar-refractivity contribution < 1.29 is 14.4 Å². The van der Waals surface area contributed by atoms with Gasteiger partial charge >= 0.3 is 6.03 Å². The monoisotopic (exact) mass is 180 g/mol. The van der Waals surface area contributed by atoms with E-state index in [2.05, 4.69) is 5.92 Å². The number of hydrogen-bond donors (Lipinski definition) is 1. The van der Waals surface area contributed by atoms with E-state index in [1.165, 1.54) is 0 Å². The lowest BCUT2D eigenvalue weighted by atomic mass is 10.3. The summed E-state index contributed by atoms with van der Waals surface area (Å²) >= 11 is 0. The average molecular weight is 180 g/mol. The molecule has 1 aliphatic heterocycles. The topological polar surface area (TPSA) is 66.5 Å². The zero-order valence-corrected chi connectivity index (χ0v) is 6.87. The summed E-state index contributed by atoms with van der Waals surface area (Å²) in [6.07, 6.45) is 4.99. The van der Waals surface area contributed by atoms with E-state index in [9.17, 15) is 14.4 Å². The highest BCUT2D eigenvalue weighted by Gasteiger charge is 2.29. The van der Waals surface area contributed by atoms with Crippen LogP contribution in [0.15, 0.2) is 0 Å². The molecule has 68 valence electrons. The minimum atomic E-state index is -0.684. The van der Waals surface area contributed by atoms with Crippen LogP contribution in [0.5, 0.6) is 0 Å². The molecule has 0 aromatic heterocycles. The van der Waals surface area contributed by atoms with Crippen molar-refractivity contribution in [3.8, 4) is 12.3 Å². The molecule has 1 rings (SSSR count). The molecule has 4 amide bonds. The second kappa shape index (κ2) is 3.72. The molecule has 1 fully saturated rings. The Morgan fingerprint density at radius 1 is 1.46 bits per heavy atom. The number of amides is 4. The molecule has 0 saturated carbocycles. The summed E-state index contributed by atoms with van der Waals surface area (Å²) in [6.45, 7) is 0.161. The molecule has 1 saturated heterocycles. The minimum Gasteiger partial charge on any atom is -0.277 e. The molecule has 0 spiro atoms. The first-order chi connectivity index (χ1) is 6.15. The second-order valence-corrected chi connectivity index (χ2v) is 2.53. The zero-order valence-electron chi connectivity index (χ0n) is 6.87. The summed E-state index contributed by atoms with van der Waals surface area (Å²) in [5, 5.41) is 2.03. The van der Waals surface area contributed by atoms with E-state index in [1.54, 1.807) is 0 Å². The predicted molar refractivity (Wildman–Crippen MR) is 43.3 cm³/mol. The molecular formula is C8H8N2O3. The standard InChI is InChI=1S/C8H8N2O3/c1-2-3-4-10-7(12)5-6(11)9-8(10)13/h1H,3-5H2,(H,9,11,13). The van der Waals surface area contributed by atoms with Crippen LogP contribution >= 0.6 is 0 Å². The van der Waals surface area contributed by atoms with Gasteiger partial charge in [0.05, 0.1) is 0 Å². The van der Waals surface area contributed by atoms with Gasteiger partial charge in [-0.25, -0.2) is 4.79 Å². The molecule has 0 bridgehead atoms. The van der Waals surface area contributed by atoms with Crippen molar-refractivity contribution in [2.75, 3.05) is 6.54 Å². The molecule has 0 unspecified atom stereocenters. The van der Waals surface area contributed by atoms with Crippen LogP contribution in [0.1, 0.15) is 12.8 Å². The minimum absolute atomic E-state index is 0.161. The Morgan fingerprint density at radius 2 is 2.15 bits per heavy atom. The van der Waals surface area contributed by atoms with E-state index >= 15 is 0 Å². The Balaban J connectivity index is 2.63. The molecule has 0 aromatic rings. The highest BCUT2D eigenvalue weighted by molar-refractivity contribution is 6.14.